The van der Waals surface area contributed by atoms with Gasteiger partial charge in [-0.2, -0.15) is 0 Å². The van der Waals surface area contributed by atoms with E-state index in [-0.39, 0.29) is 29.9 Å². The normalized spacial score (nSPS) is 18.8. The summed E-state index contributed by atoms with van der Waals surface area (Å²) in [5.41, 5.74) is 0.525. The van der Waals surface area contributed by atoms with Crippen LogP contribution in [0.3, 0.4) is 0 Å². The van der Waals surface area contributed by atoms with E-state index in [1.165, 1.54) is 16.7 Å². The van der Waals surface area contributed by atoms with Gasteiger partial charge in [-0.15, -0.1) is 12.4 Å². The van der Waals surface area contributed by atoms with Gasteiger partial charge in [-0.1, -0.05) is 12.1 Å². The van der Waals surface area contributed by atoms with Crippen LogP contribution in [-0.2, 0) is 0 Å². The van der Waals surface area contributed by atoms with Crippen molar-refractivity contribution in [3.63, 3.8) is 0 Å². The third kappa shape index (κ3) is 4.13. The van der Waals surface area contributed by atoms with Crippen LogP contribution in [-0.4, -0.2) is 34.4 Å². The Hall–Kier alpha value is -2.84. The molecule has 6 nitrogen and oxygen atoms in total. The van der Waals surface area contributed by atoms with Crippen molar-refractivity contribution < 1.29 is 13.6 Å². The number of carbonyl (C=O) groups excluding carboxylic acids is 1. The van der Waals surface area contributed by atoms with Crippen LogP contribution in [0.25, 0.3) is 5.65 Å². The standard InChI is InChI=1S/C20H18F2N4O2.ClH/c21-15-5-4-12(9-16(15)22)13-6-7-23-11-17(13)25-19(27)14-10-24-18-3-1-2-8-26(18)20(14)28;/h1-5,8-10,13,17,23H,6-7,11H2,(H,25,27);1H. The quantitative estimate of drug-likeness (QED) is 0.681. The Kier molecular flexibility index (Phi) is 6.24. The van der Waals surface area contributed by atoms with E-state index in [2.05, 4.69) is 15.6 Å². The number of carbonyl (C=O) groups is 1. The number of aromatic nitrogens is 2. The van der Waals surface area contributed by atoms with Crippen molar-refractivity contribution in [2.45, 2.75) is 18.4 Å². The Labute approximate surface area is 171 Å². The van der Waals surface area contributed by atoms with Crippen LogP contribution in [0.15, 0.2) is 53.6 Å². The first kappa shape index (κ1) is 20.9. The van der Waals surface area contributed by atoms with Gasteiger partial charge < -0.3 is 10.6 Å². The number of nitrogens with zero attached hydrogens (tertiary/aromatic N) is 2. The average molecular weight is 421 g/mol. The minimum Gasteiger partial charge on any atom is -0.347 e. The SMILES string of the molecule is Cl.O=C(NC1CNCCC1c1ccc(F)c(F)c1)c1cnc2ccccn2c1=O. The van der Waals surface area contributed by atoms with Gasteiger partial charge in [-0.25, -0.2) is 13.8 Å². The number of benzene rings is 1. The molecule has 1 aliphatic heterocycles. The van der Waals surface area contributed by atoms with Crippen molar-refractivity contribution in [3.05, 3.63) is 81.9 Å². The molecule has 0 bridgehead atoms. The third-order valence-corrected chi connectivity index (χ3v) is 5.03. The van der Waals surface area contributed by atoms with Crippen molar-refractivity contribution in [1.82, 2.24) is 20.0 Å². The number of hydrogen-bond donors (Lipinski definition) is 2. The fourth-order valence-electron chi connectivity index (χ4n) is 3.58. The largest absolute Gasteiger partial charge is 0.347 e. The highest BCUT2D eigenvalue weighted by molar-refractivity contribution is 5.94. The lowest BCUT2D eigenvalue weighted by atomic mass is 9.86. The van der Waals surface area contributed by atoms with E-state index >= 15 is 0 Å². The maximum absolute atomic E-state index is 13.7. The highest BCUT2D eigenvalue weighted by atomic mass is 35.5. The first-order chi connectivity index (χ1) is 13.5. The smallest absolute Gasteiger partial charge is 0.270 e. The van der Waals surface area contributed by atoms with Crippen molar-refractivity contribution in [1.29, 1.82) is 0 Å². The molecular weight excluding hydrogens is 402 g/mol. The van der Waals surface area contributed by atoms with Gasteiger partial charge in [0.25, 0.3) is 11.5 Å². The summed E-state index contributed by atoms with van der Waals surface area (Å²) in [5, 5.41) is 6.03. The summed E-state index contributed by atoms with van der Waals surface area (Å²) >= 11 is 0. The Morgan fingerprint density at radius 1 is 1.21 bits per heavy atom. The monoisotopic (exact) mass is 420 g/mol. The van der Waals surface area contributed by atoms with Crippen LogP contribution >= 0.6 is 12.4 Å². The van der Waals surface area contributed by atoms with Gasteiger partial charge in [-0.3, -0.25) is 14.0 Å². The van der Waals surface area contributed by atoms with Crippen LogP contribution in [0, 0.1) is 11.6 Å². The number of piperidine rings is 1. The predicted molar refractivity (Wildman–Crippen MR) is 107 cm³/mol. The van der Waals surface area contributed by atoms with Gasteiger partial charge in [-0.05, 0) is 42.8 Å². The molecule has 0 saturated carbocycles. The summed E-state index contributed by atoms with van der Waals surface area (Å²) in [6.07, 6.45) is 3.45. The average Bonchev–Trinajstić information content (AvgIpc) is 2.71. The summed E-state index contributed by atoms with van der Waals surface area (Å²) in [7, 11) is 0. The Morgan fingerprint density at radius 3 is 2.83 bits per heavy atom. The topological polar surface area (TPSA) is 75.5 Å². The molecule has 3 aromatic rings. The molecule has 4 rings (SSSR count). The van der Waals surface area contributed by atoms with Crippen molar-refractivity contribution in [3.8, 4) is 0 Å². The number of pyridine rings is 1. The second-order valence-corrected chi connectivity index (χ2v) is 6.76. The second kappa shape index (κ2) is 8.67. The molecule has 3 heterocycles. The van der Waals surface area contributed by atoms with Gasteiger partial charge in [0.05, 0.1) is 0 Å². The molecule has 0 spiro atoms. The number of rotatable bonds is 3. The van der Waals surface area contributed by atoms with E-state index in [1.807, 2.05) is 0 Å². The minimum absolute atomic E-state index is 0. The molecule has 0 aliphatic carbocycles. The maximum atomic E-state index is 13.7. The molecule has 2 unspecified atom stereocenters. The van der Waals surface area contributed by atoms with E-state index in [0.29, 0.717) is 30.7 Å². The van der Waals surface area contributed by atoms with Crippen LogP contribution in [0.2, 0.25) is 0 Å². The van der Waals surface area contributed by atoms with Gasteiger partial charge in [0.15, 0.2) is 11.6 Å². The van der Waals surface area contributed by atoms with Crippen molar-refractivity contribution in [2.75, 3.05) is 13.1 Å². The van der Waals surface area contributed by atoms with E-state index in [9.17, 15) is 18.4 Å². The van der Waals surface area contributed by atoms with Gasteiger partial charge in [0.2, 0.25) is 0 Å². The van der Waals surface area contributed by atoms with Gasteiger partial charge in [0, 0.05) is 30.9 Å². The molecule has 9 heteroatoms. The Balaban J connectivity index is 0.00000240. The predicted octanol–water partition coefficient (Wildman–Crippen LogP) is 2.27. The number of nitrogens with one attached hydrogen (secondary N) is 2. The molecule has 1 saturated heterocycles. The molecule has 152 valence electrons. The zero-order valence-electron chi connectivity index (χ0n) is 15.3. The maximum Gasteiger partial charge on any atom is 0.270 e. The van der Waals surface area contributed by atoms with Gasteiger partial charge in [0.1, 0.15) is 11.2 Å². The van der Waals surface area contributed by atoms with Crippen molar-refractivity contribution in [2.24, 2.45) is 0 Å². The molecule has 2 aromatic heterocycles. The summed E-state index contributed by atoms with van der Waals surface area (Å²) in [5.74, 6) is -2.57. The molecule has 0 radical (unpaired) electrons. The Bertz CT molecular complexity index is 1110. The minimum atomic E-state index is -0.918. The van der Waals surface area contributed by atoms with E-state index in [1.54, 1.807) is 24.4 Å². The van der Waals surface area contributed by atoms with Crippen LogP contribution < -0.4 is 16.2 Å². The number of hydrogen-bond acceptors (Lipinski definition) is 4. The van der Waals surface area contributed by atoms with Crippen LogP contribution in [0.1, 0.15) is 28.3 Å². The lowest BCUT2D eigenvalue weighted by Crippen LogP contribution is -2.50. The lowest BCUT2D eigenvalue weighted by molar-refractivity contribution is 0.0922. The summed E-state index contributed by atoms with van der Waals surface area (Å²) in [4.78, 5) is 29.5. The van der Waals surface area contributed by atoms with Crippen LogP contribution in [0.4, 0.5) is 8.78 Å². The molecular formula is C20H19ClF2N4O2. The highest BCUT2D eigenvalue weighted by Gasteiger charge is 2.29. The molecule has 1 aromatic carbocycles. The summed E-state index contributed by atoms with van der Waals surface area (Å²) in [6.45, 7) is 1.15. The number of amides is 1. The molecule has 2 N–H and O–H groups in total. The number of halogens is 3. The third-order valence-electron chi connectivity index (χ3n) is 5.03. The summed E-state index contributed by atoms with van der Waals surface area (Å²) < 4.78 is 28.2. The number of fused-ring (bicyclic) bond motifs is 1. The first-order valence-electron chi connectivity index (χ1n) is 8.97. The molecule has 2 atom stereocenters. The highest BCUT2D eigenvalue weighted by Crippen LogP contribution is 2.27. The zero-order chi connectivity index (χ0) is 19.7. The lowest BCUT2D eigenvalue weighted by Gasteiger charge is -2.33. The first-order valence-corrected chi connectivity index (χ1v) is 8.97. The van der Waals surface area contributed by atoms with Gasteiger partial charge >= 0.3 is 0 Å². The van der Waals surface area contributed by atoms with Crippen molar-refractivity contribution >= 4 is 24.0 Å². The van der Waals surface area contributed by atoms with E-state index in [4.69, 9.17) is 0 Å². The van der Waals surface area contributed by atoms with E-state index < -0.39 is 23.1 Å². The fraction of sp³-hybridized carbons (Fsp3) is 0.250. The molecule has 1 amide bonds. The molecule has 1 fully saturated rings. The van der Waals surface area contributed by atoms with Crippen LogP contribution in [0.5, 0.6) is 0 Å². The van der Waals surface area contributed by atoms with E-state index in [0.717, 1.165) is 12.1 Å². The molecule has 29 heavy (non-hydrogen) atoms. The Morgan fingerprint density at radius 2 is 2.03 bits per heavy atom. The fourth-order valence-corrected chi connectivity index (χ4v) is 3.58. The zero-order valence-corrected chi connectivity index (χ0v) is 16.1. The molecule has 1 aliphatic rings. The second-order valence-electron chi connectivity index (χ2n) is 6.76. The summed E-state index contributed by atoms with van der Waals surface area (Å²) in [6, 6.07) is 8.51.